The Morgan fingerprint density at radius 1 is 1.58 bits per heavy atom. The Balaban J connectivity index is 2.35. The molecule has 12 heavy (non-hydrogen) atoms. The molecule has 0 amide bonds. The Hall–Kier alpha value is -1.69. The average molecular weight is 165 g/mol. The predicted molar refractivity (Wildman–Crippen MR) is 39.8 cm³/mol. The molecule has 0 unspecified atom stereocenters. The van der Waals surface area contributed by atoms with E-state index in [0.29, 0.717) is 17.5 Å². The average Bonchev–Trinajstić information content (AvgIpc) is 2.75. The van der Waals surface area contributed by atoms with Gasteiger partial charge in [-0.15, -0.1) is 0 Å². The fraction of sp³-hybridized carbons (Fsp3) is 0.167. The van der Waals surface area contributed by atoms with Crippen LogP contribution in [0.25, 0.3) is 11.6 Å². The summed E-state index contributed by atoms with van der Waals surface area (Å²) in [7, 11) is 0. The van der Waals surface area contributed by atoms with E-state index >= 15 is 0 Å². The van der Waals surface area contributed by atoms with E-state index in [1.165, 1.54) is 0 Å². The van der Waals surface area contributed by atoms with Crippen molar-refractivity contribution in [2.24, 2.45) is 5.73 Å². The number of imidazole rings is 1. The fourth-order valence-corrected chi connectivity index (χ4v) is 0.822. The monoisotopic (exact) mass is 165 g/mol. The molecule has 0 aliphatic rings. The van der Waals surface area contributed by atoms with Gasteiger partial charge < -0.3 is 15.2 Å². The van der Waals surface area contributed by atoms with Crippen molar-refractivity contribution >= 4 is 0 Å². The molecular weight excluding hydrogens is 158 g/mol. The number of rotatable bonds is 2. The summed E-state index contributed by atoms with van der Waals surface area (Å²) in [6.07, 6.45) is 3.31. The van der Waals surface area contributed by atoms with Gasteiger partial charge in [0.25, 0.3) is 0 Å². The van der Waals surface area contributed by atoms with E-state index in [4.69, 9.17) is 10.3 Å². The van der Waals surface area contributed by atoms with Crippen molar-refractivity contribution < 1.29 is 4.52 Å². The molecule has 2 rings (SSSR count). The second-order valence-corrected chi connectivity index (χ2v) is 2.15. The molecule has 2 aromatic heterocycles. The van der Waals surface area contributed by atoms with Crippen LogP contribution >= 0.6 is 0 Å². The van der Waals surface area contributed by atoms with Crippen LogP contribution in [-0.2, 0) is 6.54 Å². The Bertz CT molecular complexity index is 352. The number of hydrogen-bond donors (Lipinski definition) is 2. The second kappa shape index (κ2) is 2.74. The zero-order valence-corrected chi connectivity index (χ0v) is 6.19. The highest BCUT2D eigenvalue weighted by Gasteiger charge is 2.07. The maximum absolute atomic E-state index is 5.29. The van der Waals surface area contributed by atoms with Crippen molar-refractivity contribution in [3.8, 4) is 11.6 Å². The highest BCUT2D eigenvalue weighted by atomic mass is 16.5. The van der Waals surface area contributed by atoms with Crippen LogP contribution in [0.15, 0.2) is 16.9 Å². The molecule has 62 valence electrons. The van der Waals surface area contributed by atoms with Gasteiger partial charge in [-0.25, -0.2) is 4.98 Å². The number of H-pyrrole nitrogens is 1. The Kier molecular flexibility index (Phi) is 1.60. The van der Waals surface area contributed by atoms with Crippen LogP contribution in [0.5, 0.6) is 0 Å². The molecule has 0 aliphatic carbocycles. The van der Waals surface area contributed by atoms with Crippen LogP contribution in [0.2, 0.25) is 0 Å². The van der Waals surface area contributed by atoms with Crippen LogP contribution in [-0.4, -0.2) is 20.1 Å². The van der Waals surface area contributed by atoms with Gasteiger partial charge in [-0.3, -0.25) is 0 Å². The summed E-state index contributed by atoms with van der Waals surface area (Å²) in [5, 5.41) is 3.67. The van der Waals surface area contributed by atoms with Crippen molar-refractivity contribution in [3.63, 3.8) is 0 Å². The summed E-state index contributed by atoms with van der Waals surface area (Å²) in [6, 6.07) is 0. The van der Waals surface area contributed by atoms with Gasteiger partial charge in [-0.2, -0.15) is 4.98 Å². The zero-order valence-electron chi connectivity index (χ0n) is 6.19. The smallest absolute Gasteiger partial charge is 0.240 e. The van der Waals surface area contributed by atoms with Crippen molar-refractivity contribution in [1.29, 1.82) is 0 Å². The minimum atomic E-state index is 0.244. The molecule has 0 saturated heterocycles. The molecular formula is C6H7N5O. The van der Waals surface area contributed by atoms with E-state index in [9.17, 15) is 0 Å². The molecule has 2 aromatic rings. The number of hydrogen-bond acceptors (Lipinski definition) is 5. The van der Waals surface area contributed by atoms with E-state index < -0.39 is 0 Å². The lowest BCUT2D eigenvalue weighted by Gasteiger charge is -1.81. The zero-order chi connectivity index (χ0) is 8.39. The maximum Gasteiger partial charge on any atom is 0.240 e. The van der Waals surface area contributed by atoms with Crippen molar-refractivity contribution in [2.45, 2.75) is 6.54 Å². The summed E-state index contributed by atoms with van der Waals surface area (Å²) in [4.78, 5) is 10.8. The van der Waals surface area contributed by atoms with E-state index in [1.807, 2.05) is 0 Å². The normalized spacial score (nSPS) is 10.4. The third-order valence-corrected chi connectivity index (χ3v) is 1.35. The van der Waals surface area contributed by atoms with Crippen molar-refractivity contribution in [1.82, 2.24) is 20.1 Å². The molecule has 0 saturated carbocycles. The largest absolute Gasteiger partial charge is 0.342 e. The van der Waals surface area contributed by atoms with Gasteiger partial charge in [0.1, 0.15) is 0 Å². The van der Waals surface area contributed by atoms with Crippen LogP contribution in [0.4, 0.5) is 0 Å². The van der Waals surface area contributed by atoms with Crippen molar-refractivity contribution in [3.05, 3.63) is 18.3 Å². The molecule has 0 spiro atoms. The van der Waals surface area contributed by atoms with Gasteiger partial charge >= 0.3 is 0 Å². The standard InChI is InChI=1S/C6H7N5O/c7-3-4-10-6(11-12-4)5-8-1-2-9-5/h1-2H,3,7H2,(H,8,9). The van der Waals surface area contributed by atoms with Crippen molar-refractivity contribution in [2.75, 3.05) is 0 Å². The fourth-order valence-electron chi connectivity index (χ4n) is 0.822. The number of nitrogens with zero attached hydrogens (tertiary/aromatic N) is 3. The van der Waals surface area contributed by atoms with Crippen LogP contribution < -0.4 is 5.73 Å². The second-order valence-electron chi connectivity index (χ2n) is 2.15. The van der Waals surface area contributed by atoms with Gasteiger partial charge in [0.15, 0.2) is 5.82 Å². The van der Waals surface area contributed by atoms with E-state index in [0.717, 1.165) is 0 Å². The molecule has 6 heteroatoms. The van der Waals surface area contributed by atoms with Crippen LogP contribution in [0.3, 0.4) is 0 Å². The lowest BCUT2D eigenvalue weighted by molar-refractivity contribution is 0.380. The molecule has 0 atom stereocenters. The quantitative estimate of drug-likeness (QED) is 0.649. The summed E-state index contributed by atoms with van der Waals surface area (Å²) < 4.78 is 4.79. The van der Waals surface area contributed by atoms with Gasteiger partial charge in [-0.05, 0) is 0 Å². The third kappa shape index (κ3) is 1.08. The number of aromatic nitrogens is 4. The topological polar surface area (TPSA) is 93.6 Å². The number of nitrogens with one attached hydrogen (secondary N) is 1. The molecule has 2 heterocycles. The summed E-state index contributed by atoms with van der Waals surface area (Å²) in [5.41, 5.74) is 5.29. The molecule has 0 aromatic carbocycles. The SMILES string of the molecule is NCc1nc(-c2ncc[nH]2)no1. The van der Waals surface area contributed by atoms with Crippen LogP contribution in [0.1, 0.15) is 5.89 Å². The van der Waals surface area contributed by atoms with Gasteiger partial charge in [0, 0.05) is 12.4 Å². The molecule has 0 fully saturated rings. The molecule has 0 bridgehead atoms. The summed E-state index contributed by atoms with van der Waals surface area (Å²) in [6.45, 7) is 0.244. The van der Waals surface area contributed by atoms with E-state index in [2.05, 4.69) is 20.1 Å². The lowest BCUT2D eigenvalue weighted by atomic mass is 10.6. The highest BCUT2D eigenvalue weighted by molar-refractivity contribution is 5.40. The third-order valence-electron chi connectivity index (χ3n) is 1.35. The first-order valence-corrected chi connectivity index (χ1v) is 3.42. The Labute approximate surface area is 67.8 Å². The van der Waals surface area contributed by atoms with Gasteiger partial charge in [-0.1, -0.05) is 5.16 Å². The molecule has 6 nitrogen and oxygen atoms in total. The molecule has 3 N–H and O–H groups in total. The first kappa shape index (κ1) is 6.99. The Morgan fingerprint density at radius 3 is 3.08 bits per heavy atom. The van der Waals surface area contributed by atoms with E-state index in [-0.39, 0.29) is 6.54 Å². The van der Waals surface area contributed by atoms with Gasteiger partial charge in [0.2, 0.25) is 11.7 Å². The minimum absolute atomic E-state index is 0.244. The summed E-state index contributed by atoms with van der Waals surface area (Å²) in [5.74, 6) is 1.42. The lowest BCUT2D eigenvalue weighted by Crippen LogP contribution is -1.95. The molecule has 0 radical (unpaired) electrons. The molecule has 0 aliphatic heterocycles. The predicted octanol–water partition coefficient (Wildman–Crippen LogP) is -0.0816. The maximum atomic E-state index is 5.29. The Morgan fingerprint density at radius 2 is 2.50 bits per heavy atom. The first-order valence-electron chi connectivity index (χ1n) is 3.42. The van der Waals surface area contributed by atoms with Gasteiger partial charge in [0.05, 0.1) is 6.54 Å². The number of aromatic amines is 1. The summed E-state index contributed by atoms with van der Waals surface area (Å²) >= 11 is 0. The van der Waals surface area contributed by atoms with Crippen LogP contribution in [0, 0.1) is 0 Å². The highest BCUT2D eigenvalue weighted by Crippen LogP contribution is 2.08. The first-order chi connectivity index (χ1) is 5.90. The minimum Gasteiger partial charge on any atom is -0.342 e. The van der Waals surface area contributed by atoms with E-state index in [1.54, 1.807) is 12.4 Å². The number of nitrogens with two attached hydrogens (primary N) is 1.